The maximum atomic E-state index is 12.6. The maximum absolute atomic E-state index is 12.6. The van der Waals surface area contributed by atoms with Crippen molar-refractivity contribution in [2.45, 2.75) is 56.9 Å². The summed E-state index contributed by atoms with van der Waals surface area (Å²) in [5.41, 5.74) is -1.58. The molecule has 2 aliphatic carbocycles. The molecule has 28 heavy (non-hydrogen) atoms. The highest BCUT2D eigenvalue weighted by Gasteiger charge is 2.45. The smallest absolute Gasteiger partial charge is 0.417 e. The van der Waals surface area contributed by atoms with Crippen LogP contribution in [-0.4, -0.2) is 46.5 Å². The quantitative estimate of drug-likeness (QED) is 0.679. The van der Waals surface area contributed by atoms with E-state index in [0.717, 1.165) is 37.8 Å². The van der Waals surface area contributed by atoms with Crippen LogP contribution in [0.1, 0.15) is 44.1 Å². The van der Waals surface area contributed by atoms with Gasteiger partial charge in [-0.05, 0) is 31.7 Å². The molecule has 156 valence electrons. The second kappa shape index (κ2) is 8.24. The van der Waals surface area contributed by atoms with Crippen molar-refractivity contribution < 1.29 is 32.9 Å². The summed E-state index contributed by atoms with van der Waals surface area (Å²) < 4.78 is 43.4. The number of hydrogen-bond donors (Lipinski definition) is 3. The Kier molecular flexibility index (Phi) is 6.14. The molecular formula is C19H25F3N2O4. The Morgan fingerprint density at radius 3 is 2.39 bits per heavy atom. The molecule has 9 heteroatoms. The molecule has 1 amide bonds. The van der Waals surface area contributed by atoms with Crippen molar-refractivity contribution in [1.82, 2.24) is 10.3 Å². The Morgan fingerprint density at radius 2 is 1.86 bits per heavy atom. The van der Waals surface area contributed by atoms with Gasteiger partial charge in [0.15, 0.2) is 0 Å². The number of aliphatic hydroxyl groups is 2. The van der Waals surface area contributed by atoms with Crippen LogP contribution in [0.5, 0.6) is 5.88 Å². The molecule has 3 N–H and O–H groups in total. The molecular weight excluding hydrogens is 377 g/mol. The van der Waals surface area contributed by atoms with Crippen molar-refractivity contribution >= 4 is 5.91 Å². The first-order valence-corrected chi connectivity index (χ1v) is 9.48. The monoisotopic (exact) mass is 402 g/mol. The minimum atomic E-state index is -4.48. The van der Waals surface area contributed by atoms with Crippen LogP contribution in [0, 0.1) is 11.3 Å². The Labute approximate surface area is 161 Å². The number of nitrogens with zero attached hydrogens (tertiary/aromatic N) is 1. The molecule has 0 radical (unpaired) electrons. The SMILES string of the molecule is O=C(NCC1(COc2ccc(C(F)(F)F)cn2)C[C@@H](O)[C@@H](O)C1)C1CCCC1. The number of halogens is 3. The van der Waals surface area contributed by atoms with Crippen LogP contribution >= 0.6 is 0 Å². The number of rotatable bonds is 6. The average molecular weight is 402 g/mol. The predicted molar refractivity (Wildman–Crippen MR) is 93.4 cm³/mol. The van der Waals surface area contributed by atoms with E-state index in [2.05, 4.69) is 10.3 Å². The van der Waals surface area contributed by atoms with Crippen LogP contribution in [0.2, 0.25) is 0 Å². The first-order chi connectivity index (χ1) is 13.2. The normalized spacial score (nSPS) is 28.5. The molecule has 2 fully saturated rings. The van der Waals surface area contributed by atoms with E-state index in [-0.39, 0.29) is 43.7 Å². The molecule has 0 spiro atoms. The summed E-state index contributed by atoms with van der Waals surface area (Å²) in [4.78, 5) is 16.0. The van der Waals surface area contributed by atoms with Gasteiger partial charge in [0.2, 0.25) is 11.8 Å². The van der Waals surface area contributed by atoms with Gasteiger partial charge in [0.05, 0.1) is 24.4 Å². The number of alkyl halides is 3. The van der Waals surface area contributed by atoms with E-state index in [4.69, 9.17) is 4.74 Å². The van der Waals surface area contributed by atoms with E-state index in [1.807, 2.05) is 0 Å². The number of carbonyl (C=O) groups excluding carboxylic acids is 1. The summed E-state index contributed by atoms with van der Waals surface area (Å²) in [5, 5.41) is 22.9. The zero-order chi connectivity index (χ0) is 20.4. The van der Waals surface area contributed by atoms with Crippen LogP contribution in [0.4, 0.5) is 13.2 Å². The third-order valence-corrected chi connectivity index (χ3v) is 5.68. The molecule has 3 rings (SSSR count). The average Bonchev–Trinajstić information content (AvgIpc) is 3.27. The molecule has 1 heterocycles. The predicted octanol–water partition coefficient (Wildman–Crippen LogP) is 2.29. The molecule has 0 saturated heterocycles. The van der Waals surface area contributed by atoms with Crippen molar-refractivity contribution in [2.75, 3.05) is 13.2 Å². The molecule has 2 aliphatic rings. The van der Waals surface area contributed by atoms with Crippen LogP contribution < -0.4 is 10.1 Å². The lowest BCUT2D eigenvalue weighted by molar-refractivity contribution is -0.137. The topological polar surface area (TPSA) is 91.7 Å². The van der Waals surface area contributed by atoms with Crippen LogP contribution in [-0.2, 0) is 11.0 Å². The van der Waals surface area contributed by atoms with Crippen molar-refractivity contribution in [1.29, 1.82) is 0 Å². The molecule has 1 aromatic rings. The van der Waals surface area contributed by atoms with Gasteiger partial charge in [-0.3, -0.25) is 4.79 Å². The Hall–Kier alpha value is -1.87. The number of pyridine rings is 1. The minimum absolute atomic E-state index is 0.00852. The lowest BCUT2D eigenvalue weighted by Gasteiger charge is -2.29. The van der Waals surface area contributed by atoms with E-state index in [1.165, 1.54) is 0 Å². The lowest BCUT2D eigenvalue weighted by Crippen LogP contribution is -2.42. The molecule has 0 aromatic carbocycles. The van der Waals surface area contributed by atoms with Gasteiger partial charge >= 0.3 is 6.18 Å². The summed E-state index contributed by atoms with van der Waals surface area (Å²) >= 11 is 0. The molecule has 6 nitrogen and oxygen atoms in total. The fourth-order valence-electron chi connectivity index (χ4n) is 4.02. The van der Waals surface area contributed by atoms with Gasteiger partial charge in [-0.25, -0.2) is 4.98 Å². The number of nitrogens with one attached hydrogen (secondary N) is 1. The number of ether oxygens (including phenoxy) is 1. The van der Waals surface area contributed by atoms with Crippen molar-refractivity contribution in [3.8, 4) is 5.88 Å². The Balaban J connectivity index is 1.62. The Morgan fingerprint density at radius 1 is 1.21 bits per heavy atom. The number of carbonyl (C=O) groups is 1. The van der Waals surface area contributed by atoms with Gasteiger partial charge in [0.25, 0.3) is 0 Å². The maximum Gasteiger partial charge on any atom is 0.417 e. The van der Waals surface area contributed by atoms with Gasteiger partial charge in [0, 0.05) is 30.1 Å². The standard InChI is InChI=1S/C19H25F3N2O4/c20-19(21,22)13-5-6-16(23-9-13)28-11-18(7-14(25)15(26)8-18)10-24-17(27)12-3-1-2-4-12/h5-6,9,12,14-15,25-26H,1-4,7-8,10-11H2,(H,24,27)/t14-,15+,18?. The Bertz CT molecular complexity index is 665. The van der Waals surface area contributed by atoms with E-state index < -0.39 is 29.4 Å². The van der Waals surface area contributed by atoms with Gasteiger partial charge in [-0.2, -0.15) is 13.2 Å². The second-order valence-electron chi connectivity index (χ2n) is 7.91. The van der Waals surface area contributed by atoms with E-state index in [1.54, 1.807) is 0 Å². The van der Waals surface area contributed by atoms with Crippen molar-refractivity contribution in [2.24, 2.45) is 11.3 Å². The third-order valence-electron chi connectivity index (χ3n) is 5.68. The highest BCUT2D eigenvalue weighted by atomic mass is 19.4. The van der Waals surface area contributed by atoms with Crippen molar-refractivity contribution in [3.63, 3.8) is 0 Å². The summed E-state index contributed by atoms with van der Waals surface area (Å²) in [6.07, 6.45) is -1.43. The first-order valence-electron chi connectivity index (χ1n) is 9.48. The van der Waals surface area contributed by atoms with Gasteiger partial charge in [-0.15, -0.1) is 0 Å². The highest BCUT2D eigenvalue weighted by molar-refractivity contribution is 5.78. The van der Waals surface area contributed by atoms with E-state index in [9.17, 15) is 28.2 Å². The number of amides is 1. The van der Waals surface area contributed by atoms with Gasteiger partial charge < -0.3 is 20.3 Å². The zero-order valence-electron chi connectivity index (χ0n) is 15.4. The van der Waals surface area contributed by atoms with Gasteiger partial charge in [0.1, 0.15) is 0 Å². The molecule has 2 saturated carbocycles. The lowest BCUT2D eigenvalue weighted by atomic mass is 9.86. The number of aliphatic hydroxyl groups excluding tert-OH is 2. The summed E-state index contributed by atoms with van der Waals surface area (Å²) in [7, 11) is 0. The third kappa shape index (κ3) is 4.94. The highest BCUT2D eigenvalue weighted by Crippen LogP contribution is 2.39. The van der Waals surface area contributed by atoms with Crippen molar-refractivity contribution in [3.05, 3.63) is 23.9 Å². The minimum Gasteiger partial charge on any atom is -0.477 e. The molecule has 3 atom stereocenters. The number of hydrogen-bond acceptors (Lipinski definition) is 5. The van der Waals surface area contributed by atoms with Gasteiger partial charge in [-0.1, -0.05) is 12.8 Å². The summed E-state index contributed by atoms with van der Waals surface area (Å²) in [6.45, 7) is 0.238. The van der Waals surface area contributed by atoms with E-state index in [0.29, 0.717) is 6.20 Å². The van der Waals surface area contributed by atoms with Crippen LogP contribution in [0.15, 0.2) is 18.3 Å². The molecule has 1 aromatic heterocycles. The number of aromatic nitrogens is 1. The zero-order valence-corrected chi connectivity index (χ0v) is 15.4. The van der Waals surface area contributed by atoms with Crippen LogP contribution in [0.3, 0.4) is 0 Å². The fourth-order valence-corrected chi connectivity index (χ4v) is 4.02. The second-order valence-corrected chi connectivity index (χ2v) is 7.91. The largest absolute Gasteiger partial charge is 0.477 e. The fraction of sp³-hybridized carbons (Fsp3) is 0.684. The molecule has 0 aliphatic heterocycles. The first kappa shape index (κ1) is 20.9. The van der Waals surface area contributed by atoms with E-state index >= 15 is 0 Å². The van der Waals surface area contributed by atoms with Crippen LogP contribution in [0.25, 0.3) is 0 Å². The molecule has 0 bridgehead atoms. The summed E-state index contributed by atoms with van der Waals surface area (Å²) in [6, 6.07) is 2.02. The summed E-state index contributed by atoms with van der Waals surface area (Å²) in [5.74, 6) is -0.0309. The molecule has 1 unspecified atom stereocenters.